The van der Waals surface area contributed by atoms with Gasteiger partial charge in [-0.25, -0.2) is 0 Å². The lowest BCUT2D eigenvalue weighted by molar-refractivity contribution is -0.116. The number of Topliss-reactive ketones (excluding diaryl/α,β-unsaturated/α-hetero) is 1. The number of ketones is 1. The van der Waals surface area contributed by atoms with E-state index in [2.05, 4.69) is 6.58 Å². The summed E-state index contributed by atoms with van der Waals surface area (Å²) in [4.78, 5) is 10.9. The van der Waals surface area contributed by atoms with Crippen molar-refractivity contribution in [3.8, 4) is 0 Å². The van der Waals surface area contributed by atoms with Crippen LogP contribution in [0, 0.1) is 0 Å². The average Bonchev–Trinajstić information content (AvgIpc) is 2.18. The molecule has 80 valence electrons. The average molecular weight is 204 g/mol. The maximum Gasteiger partial charge on any atom is 0.134 e. The van der Waals surface area contributed by atoms with Gasteiger partial charge in [-0.15, -0.1) is 0 Å². The minimum atomic E-state index is 0.173. The minimum absolute atomic E-state index is 0.173. The van der Waals surface area contributed by atoms with Gasteiger partial charge in [0, 0.05) is 12.0 Å². The molecule has 1 rings (SSSR count). The quantitative estimate of drug-likeness (QED) is 0.689. The molecule has 0 spiro atoms. The predicted octanol–water partition coefficient (Wildman–Crippen LogP) is 2.83. The number of hydrogen-bond acceptors (Lipinski definition) is 2. The van der Waals surface area contributed by atoms with Crippen molar-refractivity contribution < 1.29 is 9.53 Å². The molecular formula is C13H16O2. The van der Waals surface area contributed by atoms with Crippen molar-refractivity contribution in [2.24, 2.45) is 0 Å². The van der Waals surface area contributed by atoms with Crippen LogP contribution >= 0.6 is 0 Å². The summed E-state index contributed by atoms with van der Waals surface area (Å²) in [6, 6.07) is 7.72. The molecule has 0 bridgehead atoms. The summed E-state index contributed by atoms with van der Waals surface area (Å²) < 4.78 is 5.29. The number of carbonyl (C=O) groups is 1. The normalized spacial score (nSPS) is 9.73. The molecule has 2 heteroatoms. The molecule has 2 nitrogen and oxygen atoms in total. The van der Waals surface area contributed by atoms with Crippen LogP contribution in [0.4, 0.5) is 0 Å². The summed E-state index contributed by atoms with van der Waals surface area (Å²) >= 11 is 0. The molecule has 0 saturated carbocycles. The van der Waals surface area contributed by atoms with Gasteiger partial charge in [-0.2, -0.15) is 0 Å². The van der Waals surface area contributed by atoms with Crippen LogP contribution in [0.1, 0.15) is 25.0 Å². The molecule has 0 atom stereocenters. The molecule has 1 aromatic rings. The molecular weight excluding hydrogens is 188 g/mol. The summed E-state index contributed by atoms with van der Waals surface area (Å²) in [6.45, 7) is 7.95. The molecule has 0 aliphatic rings. The van der Waals surface area contributed by atoms with Gasteiger partial charge in [0.1, 0.15) is 11.5 Å². The first-order valence-electron chi connectivity index (χ1n) is 5.04. The minimum Gasteiger partial charge on any atom is -0.494 e. The van der Waals surface area contributed by atoms with Crippen LogP contribution < -0.4 is 0 Å². The molecule has 0 amide bonds. The lowest BCUT2D eigenvalue weighted by Crippen LogP contribution is -1.96. The molecule has 1 aromatic carbocycles. The molecule has 0 saturated heterocycles. The maximum atomic E-state index is 10.9. The number of rotatable bonds is 5. The highest BCUT2D eigenvalue weighted by Crippen LogP contribution is 2.14. The van der Waals surface area contributed by atoms with Gasteiger partial charge in [-0.3, -0.25) is 4.79 Å². The lowest BCUT2D eigenvalue weighted by Gasteiger charge is -2.07. The first-order valence-corrected chi connectivity index (χ1v) is 5.04. The highest BCUT2D eigenvalue weighted by Gasteiger charge is 2.01. The van der Waals surface area contributed by atoms with Crippen molar-refractivity contribution in [2.45, 2.75) is 20.3 Å². The third kappa shape index (κ3) is 3.58. The number of hydrogen-bond donors (Lipinski definition) is 0. The van der Waals surface area contributed by atoms with Crippen LogP contribution in [0.5, 0.6) is 0 Å². The monoisotopic (exact) mass is 204 g/mol. The maximum absolute atomic E-state index is 10.9. The third-order valence-corrected chi connectivity index (χ3v) is 2.05. The lowest BCUT2D eigenvalue weighted by atomic mass is 10.1. The van der Waals surface area contributed by atoms with E-state index in [-0.39, 0.29) is 5.78 Å². The molecule has 15 heavy (non-hydrogen) atoms. The first kappa shape index (κ1) is 11.5. The van der Waals surface area contributed by atoms with Crippen LogP contribution in [-0.4, -0.2) is 12.4 Å². The van der Waals surface area contributed by atoms with Crippen molar-refractivity contribution in [2.75, 3.05) is 6.61 Å². The first-order chi connectivity index (χ1) is 7.13. The SMILES string of the molecule is C=C(OCC)c1ccc(CC(C)=O)cc1. The summed E-state index contributed by atoms with van der Waals surface area (Å²) in [5.41, 5.74) is 1.99. The Kier molecular flexibility index (Phi) is 4.10. The molecule has 0 aromatic heterocycles. The van der Waals surface area contributed by atoms with E-state index < -0.39 is 0 Å². The number of ether oxygens (including phenoxy) is 1. The second kappa shape index (κ2) is 5.35. The van der Waals surface area contributed by atoms with Crippen molar-refractivity contribution in [3.05, 3.63) is 42.0 Å². The van der Waals surface area contributed by atoms with E-state index in [4.69, 9.17) is 4.74 Å². The molecule has 0 radical (unpaired) electrons. The number of benzene rings is 1. The Labute approximate surface area is 90.6 Å². The van der Waals surface area contributed by atoms with Gasteiger partial charge < -0.3 is 4.74 Å². The van der Waals surface area contributed by atoms with E-state index in [9.17, 15) is 4.79 Å². The van der Waals surface area contributed by atoms with Gasteiger partial charge in [-0.05, 0) is 19.4 Å². The summed E-state index contributed by atoms with van der Waals surface area (Å²) in [6.07, 6.45) is 0.487. The van der Waals surface area contributed by atoms with Crippen molar-refractivity contribution >= 4 is 11.5 Å². The highest BCUT2D eigenvalue weighted by atomic mass is 16.5. The van der Waals surface area contributed by atoms with Gasteiger partial charge in [0.05, 0.1) is 6.61 Å². The zero-order valence-corrected chi connectivity index (χ0v) is 9.25. The van der Waals surface area contributed by atoms with Crippen LogP contribution in [-0.2, 0) is 16.0 Å². The summed E-state index contributed by atoms with van der Waals surface area (Å²) in [7, 11) is 0. The van der Waals surface area contributed by atoms with E-state index in [1.54, 1.807) is 6.92 Å². The smallest absolute Gasteiger partial charge is 0.134 e. The van der Waals surface area contributed by atoms with Crippen LogP contribution in [0.25, 0.3) is 5.76 Å². The van der Waals surface area contributed by atoms with Crippen LogP contribution in [0.2, 0.25) is 0 Å². The Morgan fingerprint density at radius 1 is 1.33 bits per heavy atom. The standard InChI is InChI=1S/C13H16O2/c1-4-15-11(3)13-7-5-12(6-8-13)9-10(2)14/h5-8H,3-4,9H2,1-2H3. The van der Waals surface area contributed by atoms with Gasteiger partial charge in [0.25, 0.3) is 0 Å². The van der Waals surface area contributed by atoms with E-state index >= 15 is 0 Å². The van der Waals surface area contributed by atoms with E-state index in [0.717, 1.165) is 11.1 Å². The molecule has 0 aliphatic heterocycles. The molecule has 0 heterocycles. The van der Waals surface area contributed by atoms with Gasteiger partial charge >= 0.3 is 0 Å². The van der Waals surface area contributed by atoms with E-state index in [1.807, 2.05) is 31.2 Å². The molecule has 0 fully saturated rings. The fraction of sp³-hybridized carbons (Fsp3) is 0.308. The molecule has 0 aliphatic carbocycles. The Morgan fingerprint density at radius 2 is 1.93 bits per heavy atom. The molecule has 0 unspecified atom stereocenters. The zero-order chi connectivity index (χ0) is 11.3. The highest BCUT2D eigenvalue weighted by molar-refractivity contribution is 5.78. The Bertz CT molecular complexity index is 349. The summed E-state index contributed by atoms with van der Waals surface area (Å²) in [5.74, 6) is 0.846. The third-order valence-electron chi connectivity index (χ3n) is 2.05. The van der Waals surface area contributed by atoms with Crippen LogP contribution in [0.3, 0.4) is 0 Å². The Hall–Kier alpha value is -1.57. The van der Waals surface area contributed by atoms with Gasteiger partial charge in [0.15, 0.2) is 0 Å². The fourth-order valence-corrected chi connectivity index (χ4v) is 1.35. The predicted molar refractivity (Wildman–Crippen MR) is 61.5 cm³/mol. The Morgan fingerprint density at radius 3 is 2.40 bits per heavy atom. The van der Waals surface area contributed by atoms with Crippen molar-refractivity contribution in [1.29, 1.82) is 0 Å². The van der Waals surface area contributed by atoms with Gasteiger partial charge in [-0.1, -0.05) is 30.8 Å². The summed E-state index contributed by atoms with van der Waals surface area (Å²) in [5, 5.41) is 0. The largest absolute Gasteiger partial charge is 0.494 e. The van der Waals surface area contributed by atoms with Crippen LogP contribution in [0.15, 0.2) is 30.8 Å². The van der Waals surface area contributed by atoms with Crippen molar-refractivity contribution in [3.63, 3.8) is 0 Å². The van der Waals surface area contributed by atoms with Crippen molar-refractivity contribution in [1.82, 2.24) is 0 Å². The number of carbonyl (C=O) groups excluding carboxylic acids is 1. The topological polar surface area (TPSA) is 26.3 Å². The van der Waals surface area contributed by atoms with Gasteiger partial charge in [0.2, 0.25) is 0 Å². The Balaban J connectivity index is 2.71. The second-order valence-electron chi connectivity index (χ2n) is 3.43. The van der Waals surface area contributed by atoms with E-state index in [1.165, 1.54) is 0 Å². The second-order valence-corrected chi connectivity index (χ2v) is 3.43. The zero-order valence-electron chi connectivity index (χ0n) is 9.25. The van der Waals surface area contributed by atoms with E-state index in [0.29, 0.717) is 18.8 Å². The fourth-order valence-electron chi connectivity index (χ4n) is 1.35. The molecule has 0 N–H and O–H groups in total.